The first-order valence-electron chi connectivity index (χ1n) is 25.4. The van der Waals surface area contributed by atoms with Crippen molar-refractivity contribution in [3.8, 4) is 0 Å². The number of hydrogen-bond acceptors (Lipinski definition) is 9. The summed E-state index contributed by atoms with van der Waals surface area (Å²) in [6.07, 6.45) is 18.4. The van der Waals surface area contributed by atoms with Gasteiger partial charge in [-0.1, -0.05) is 76.6 Å². The van der Waals surface area contributed by atoms with Crippen LogP contribution in [0.5, 0.6) is 0 Å². The molecule has 7 N–H and O–H groups in total. The first kappa shape index (κ1) is 44.6. The number of amides is 1. The summed E-state index contributed by atoms with van der Waals surface area (Å²) >= 11 is 0. The molecule has 0 aromatic carbocycles. The number of aromatic nitrogens is 1. The Morgan fingerprint density at radius 2 is 1.70 bits per heavy atom. The lowest BCUT2D eigenvalue weighted by Crippen LogP contribution is -2.83. The molecular weight excluding hydrogens is 853 g/mol. The molecule has 1 aromatic rings. The fourth-order valence-corrected chi connectivity index (χ4v) is 20.5. The monoisotopic (exact) mass is 922 g/mol. The Balaban J connectivity index is 1.10. The molecule has 1 amide bonds. The molecule has 19 unspecified atom stereocenters. The summed E-state index contributed by atoms with van der Waals surface area (Å²) < 4.78 is 18.7. The number of aliphatic carboxylic acids is 2. The molecule has 362 valence electrons. The van der Waals surface area contributed by atoms with E-state index in [1.807, 2.05) is 0 Å². The second-order valence-corrected chi connectivity index (χ2v) is 24.4. The third-order valence-corrected chi connectivity index (χ3v) is 22.6. The number of carbonyl (C=O) groups is 3. The number of rotatable bonds is 10. The van der Waals surface area contributed by atoms with E-state index in [4.69, 9.17) is 14.2 Å². The Kier molecular flexibility index (Phi) is 9.21. The van der Waals surface area contributed by atoms with Crippen molar-refractivity contribution in [3.63, 3.8) is 0 Å². The molecular formula is C54H70N2O11. The van der Waals surface area contributed by atoms with Gasteiger partial charge < -0.3 is 50.0 Å². The van der Waals surface area contributed by atoms with Gasteiger partial charge in [0, 0.05) is 47.7 Å². The highest BCUT2D eigenvalue weighted by molar-refractivity contribution is 5.89. The van der Waals surface area contributed by atoms with E-state index in [9.17, 15) is 35.1 Å². The van der Waals surface area contributed by atoms with Crippen LogP contribution in [-0.2, 0) is 41.4 Å². The van der Waals surface area contributed by atoms with E-state index in [0.29, 0.717) is 32.3 Å². The van der Waals surface area contributed by atoms with Gasteiger partial charge >= 0.3 is 11.9 Å². The van der Waals surface area contributed by atoms with E-state index in [1.165, 1.54) is 22.3 Å². The number of ether oxygens (including phenoxy) is 3. The van der Waals surface area contributed by atoms with E-state index in [-0.39, 0.29) is 29.1 Å². The largest absolute Gasteiger partial charge is 0.481 e. The molecule has 1 aromatic heterocycles. The molecule has 2 saturated heterocycles. The molecule has 5 bridgehead atoms. The molecule has 2 aliphatic heterocycles. The summed E-state index contributed by atoms with van der Waals surface area (Å²) in [4.78, 5) is 46.1. The average Bonchev–Trinajstić information content (AvgIpc) is 3.71. The molecule has 19 atom stereocenters. The van der Waals surface area contributed by atoms with Gasteiger partial charge in [0.15, 0.2) is 12.4 Å². The predicted molar refractivity (Wildman–Crippen MR) is 244 cm³/mol. The summed E-state index contributed by atoms with van der Waals surface area (Å²) in [5.41, 5.74) is -0.539. The van der Waals surface area contributed by atoms with Gasteiger partial charge in [-0.3, -0.25) is 9.59 Å². The fraction of sp³-hybridized carbons (Fsp3) is 0.722. The Labute approximate surface area is 392 Å². The highest BCUT2D eigenvalue weighted by Crippen LogP contribution is 2.93. The molecule has 0 radical (unpaired) electrons. The summed E-state index contributed by atoms with van der Waals surface area (Å²) in [7, 11) is 1.69. The molecule has 5 saturated carbocycles. The predicted octanol–water partition coefficient (Wildman–Crippen LogP) is 6.04. The molecule has 3 spiro atoms. The maximum Gasteiger partial charge on any atom is 0.335 e. The van der Waals surface area contributed by atoms with Crippen LogP contribution in [0.1, 0.15) is 110 Å². The van der Waals surface area contributed by atoms with E-state index in [1.54, 1.807) is 7.11 Å². The SMILES string of the molecule is CCc1c[nH]cc1CCC12C3CCC4(C)C56CCC7(C(=O)O)C(COC)CC8(C)CC=CC79C5=CC5CCC1(C=CC(=CC6C(=O)NC89)C542)CC(OC1OC(C(=O)O)C(O)C(O)C1O)C3(C)C. The molecule has 7 fully saturated rings. The molecule has 13 nitrogen and oxygen atoms in total. The van der Waals surface area contributed by atoms with Crippen molar-refractivity contribution in [1.82, 2.24) is 10.3 Å². The molecule has 3 heterocycles. The third kappa shape index (κ3) is 4.65. The maximum atomic E-state index is 15.7. The Hall–Kier alpha value is -3.59. The van der Waals surface area contributed by atoms with Gasteiger partial charge in [0.05, 0.1) is 24.0 Å². The minimum Gasteiger partial charge on any atom is -0.481 e. The topological polar surface area (TPSA) is 208 Å². The van der Waals surface area contributed by atoms with Crippen LogP contribution in [0.15, 0.2) is 60.0 Å². The number of aromatic amines is 1. The second-order valence-electron chi connectivity index (χ2n) is 24.4. The number of aliphatic hydroxyl groups is 3. The normalized spacial score (nSPS) is 52.0. The van der Waals surface area contributed by atoms with Gasteiger partial charge in [-0.05, 0) is 133 Å². The lowest BCUT2D eigenvalue weighted by molar-refractivity contribution is -0.361. The van der Waals surface area contributed by atoms with Gasteiger partial charge in [-0.25, -0.2) is 4.79 Å². The first-order chi connectivity index (χ1) is 31.8. The zero-order valence-electron chi connectivity index (χ0n) is 39.8. The lowest BCUT2D eigenvalue weighted by atomic mass is 9.16. The minimum absolute atomic E-state index is 0.0142. The zero-order chi connectivity index (χ0) is 47.3. The van der Waals surface area contributed by atoms with Crippen molar-refractivity contribution in [2.75, 3.05) is 13.7 Å². The van der Waals surface area contributed by atoms with Crippen LogP contribution in [0.2, 0.25) is 0 Å². The highest BCUT2D eigenvalue weighted by Gasteiger charge is 2.90. The van der Waals surface area contributed by atoms with E-state index in [0.717, 1.165) is 51.4 Å². The summed E-state index contributed by atoms with van der Waals surface area (Å²) in [6.45, 7) is 11.9. The minimum atomic E-state index is -1.83. The van der Waals surface area contributed by atoms with Gasteiger partial charge in [-0.15, -0.1) is 0 Å². The first-order valence-corrected chi connectivity index (χ1v) is 25.4. The third-order valence-electron chi connectivity index (χ3n) is 22.6. The number of aliphatic hydroxyl groups excluding tert-OH is 3. The number of hydrogen-bond donors (Lipinski definition) is 7. The number of nitrogens with one attached hydrogen (secondary N) is 2. The second kappa shape index (κ2) is 13.8. The van der Waals surface area contributed by atoms with Crippen LogP contribution in [0, 0.1) is 72.4 Å². The van der Waals surface area contributed by atoms with Crippen molar-refractivity contribution in [2.45, 2.75) is 155 Å². The lowest BCUT2D eigenvalue weighted by Gasteiger charge is -2.87. The van der Waals surface area contributed by atoms with Crippen molar-refractivity contribution in [2.24, 2.45) is 72.4 Å². The quantitative estimate of drug-likeness (QED) is 0.106. The summed E-state index contributed by atoms with van der Waals surface area (Å²) in [5.74, 6) is -2.90. The standard InChI is InChI=1S/C54H70N2O11/c1-7-28-25-55-26-29(28)9-18-53-34-12-15-48(5)51-20-19-50(45(63)64)32(27-65-6)23-47(4)13-8-14-52(50)35(51)22-31-11-17-49(53,16-10-30(54(31,48)53)21-33(51)41(60)56-44(47)52)24-36(46(34,2)3)66-43-39(59)37(57)38(58)40(67-43)42(61)62/h8,10,14,16,21-22,25-26,31-34,36-40,43-44,55,57-59H,7,9,11-13,15,17-20,23-24,27H2,1-6H3,(H,56,60)(H,61,62)(H,63,64). The number of carbonyl (C=O) groups excluding carboxylic acids is 1. The van der Waals surface area contributed by atoms with E-state index in [2.05, 4.69) is 93.8 Å². The number of aryl methyl sites for hydroxylation is 2. The zero-order valence-corrected chi connectivity index (χ0v) is 39.8. The molecule has 12 rings (SSSR count). The number of carboxylic acid groups (broad SMARTS) is 2. The molecule has 67 heavy (non-hydrogen) atoms. The van der Waals surface area contributed by atoms with Gasteiger partial charge in [0.25, 0.3) is 0 Å². The van der Waals surface area contributed by atoms with E-state index >= 15 is 4.79 Å². The van der Waals surface area contributed by atoms with Gasteiger partial charge in [-0.2, -0.15) is 0 Å². The summed E-state index contributed by atoms with van der Waals surface area (Å²) in [6, 6.07) is -0.400. The summed E-state index contributed by atoms with van der Waals surface area (Å²) in [5, 5.41) is 58.7. The maximum absolute atomic E-state index is 15.7. The van der Waals surface area contributed by atoms with Crippen molar-refractivity contribution < 1.29 is 54.1 Å². The highest BCUT2D eigenvalue weighted by atomic mass is 16.7. The van der Waals surface area contributed by atoms with Gasteiger partial charge in [0.2, 0.25) is 5.91 Å². The van der Waals surface area contributed by atoms with Crippen LogP contribution < -0.4 is 5.32 Å². The van der Waals surface area contributed by atoms with Crippen molar-refractivity contribution in [3.05, 3.63) is 71.1 Å². The van der Waals surface area contributed by atoms with Crippen LogP contribution >= 0.6 is 0 Å². The Morgan fingerprint density at radius 3 is 2.43 bits per heavy atom. The fourth-order valence-electron chi connectivity index (χ4n) is 20.5. The Bertz CT molecular complexity index is 2470. The number of H-pyrrole nitrogens is 1. The van der Waals surface area contributed by atoms with Crippen LogP contribution in [0.25, 0.3) is 0 Å². The van der Waals surface area contributed by atoms with Crippen molar-refractivity contribution >= 4 is 17.8 Å². The average molecular weight is 923 g/mol. The molecule has 9 aliphatic carbocycles. The number of allylic oxidation sites excluding steroid dienone is 5. The Morgan fingerprint density at radius 1 is 0.925 bits per heavy atom. The molecule has 11 aliphatic rings. The van der Waals surface area contributed by atoms with Crippen LogP contribution in [0.3, 0.4) is 0 Å². The van der Waals surface area contributed by atoms with Crippen molar-refractivity contribution in [1.29, 1.82) is 0 Å². The van der Waals surface area contributed by atoms with Crippen LogP contribution in [0.4, 0.5) is 0 Å². The number of methoxy groups -OCH3 is 1. The molecule has 13 heteroatoms. The van der Waals surface area contributed by atoms with Gasteiger partial charge in [0.1, 0.15) is 18.3 Å². The number of carboxylic acids is 2. The van der Waals surface area contributed by atoms with E-state index < -0.39 is 104 Å². The van der Waals surface area contributed by atoms with Crippen LogP contribution in [-0.4, -0.2) is 105 Å². The smallest absolute Gasteiger partial charge is 0.335 e.